The van der Waals surface area contributed by atoms with E-state index in [1.54, 1.807) is 23.2 Å². The number of aromatic nitrogens is 1. The highest BCUT2D eigenvalue weighted by Gasteiger charge is 2.31. The van der Waals surface area contributed by atoms with Crippen LogP contribution in [0.1, 0.15) is 9.67 Å². The van der Waals surface area contributed by atoms with Crippen LogP contribution in [0.15, 0.2) is 28.5 Å². The molecule has 0 atom stereocenters. The third-order valence-corrected chi connectivity index (χ3v) is 9.56. The lowest BCUT2D eigenvalue weighted by Crippen LogP contribution is -2.38. The normalized spacial score (nSPS) is 17.2. The van der Waals surface area contributed by atoms with E-state index in [9.17, 15) is 13.2 Å². The number of thiazole rings is 1. The second-order valence-corrected chi connectivity index (χ2v) is 11.6. The van der Waals surface area contributed by atoms with E-state index in [1.807, 2.05) is 6.07 Å². The van der Waals surface area contributed by atoms with Crippen molar-refractivity contribution in [2.75, 3.05) is 43.1 Å². The highest BCUT2D eigenvalue weighted by molar-refractivity contribution is 7.99. The number of hydrogen-bond donors (Lipinski definition) is 1. The molecular weight excluding hydrogens is 466 g/mol. The lowest BCUT2D eigenvalue weighted by atomic mass is 10.3. The van der Waals surface area contributed by atoms with Crippen molar-refractivity contribution in [2.45, 2.75) is 4.90 Å². The lowest BCUT2D eigenvalue weighted by molar-refractivity contribution is 0.102. The topological polar surface area (TPSA) is 97.8 Å². The zero-order valence-electron chi connectivity index (χ0n) is 15.6. The fraction of sp³-hybridized carbons (Fsp3) is 0.333. The van der Waals surface area contributed by atoms with E-state index in [2.05, 4.69) is 10.3 Å². The number of sulfonamides is 1. The first-order chi connectivity index (χ1) is 14.5. The smallest absolute Gasteiger partial charge is 0.268 e. The van der Waals surface area contributed by atoms with Crippen LogP contribution in [-0.2, 0) is 10.0 Å². The molecule has 1 fully saturated rings. The van der Waals surface area contributed by atoms with E-state index in [1.165, 1.54) is 21.7 Å². The van der Waals surface area contributed by atoms with Gasteiger partial charge in [0, 0.05) is 36.7 Å². The number of fused-ring (bicyclic) bond motifs is 2. The number of anilines is 1. The zero-order chi connectivity index (χ0) is 20.7. The van der Waals surface area contributed by atoms with Gasteiger partial charge in [-0.1, -0.05) is 11.3 Å². The van der Waals surface area contributed by atoms with Crippen LogP contribution in [-0.4, -0.2) is 61.4 Å². The molecule has 0 radical (unpaired) electrons. The molecule has 12 heteroatoms. The Labute approximate surface area is 185 Å². The zero-order valence-corrected chi connectivity index (χ0v) is 18.9. The first kappa shape index (κ1) is 20.1. The first-order valence-corrected chi connectivity index (χ1v) is 13.5. The standard InChI is InChI=1S/C18H17N3O5S4/c22-17(16-15(1-6-28-16)30(23,24)21-2-7-27-8-3-21)20-18-19-11-9-12-13(10-14(11)29-18)26-5-4-25-12/h1,6,9-10H,2-5,7-8H2,(H,19,20,22). The Hall–Kier alpha value is -1.86. The fourth-order valence-corrected chi connectivity index (χ4v) is 8.01. The number of nitrogens with zero attached hydrogens (tertiary/aromatic N) is 2. The summed E-state index contributed by atoms with van der Waals surface area (Å²) in [7, 11) is -3.70. The summed E-state index contributed by atoms with van der Waals surface area (Å²) in [5.74, 6) is 2.32. The van der Waals surface area contributed by atoms with E-state index < -0.39 is 15.9 Å². The van der Waals surface area contributed by atoms with E-state index in [0.717, 1.165) is 27.5 Å². The molecule has 0 unspecified atom stereocenters. The molecule has 2 aliphatic rings. The minimum absolute atomic E-state index is 0.0512. The van der Waals surface area contributed by atoms with Gasteiger partial charge in [0.25, 0.3) is 5.91 Å². The third-order valence-electron chi connectivity index (χ3n) is 4.70. The van der Waals surface area contributed by atoms with Crippen molar-refractivity contribution >= 4 is 65.7 Å². The maximum atomic E-state index is 13.0. The monoisotopic (exact) mass is 483 g/mol. The average Bonchev–Trinajstić information content (AvgIpc) is 3.39. The van der Waals surface area contributed by atoms with Gasteiger partial charge in [-0.2, -0.15) is 16.1 Å². The van der Waals surface area contributed by atoms with E-state index in [-0.39, 0.29) is 9.77 Å². The summed E-state index contributed by atoms with van der Waals surface area (Å²) in [4.78, 5) is 17.5. The van der Waals surface area contributed by atoms with E-state index >= 15 is 0 Å². The number of carbonyl (C=O) groups excluding carboxylic acids is 1. The van der Waals surface area contributed by atoms with Crippen LogP contribution in [0.4, 0.5) is 5.13 Å². The molecule has 5 rings (SSSR count). The predicted molar refractivity (Wildman–Crippen MR) is 119 cm³/mol. The van der Waals surface area contributed by atoms with Crippen molar-refractivity contribution in [3.63, 3.8) is 0 Å². The Morgan fingerprint density at radius 3 is 2.63 bits per heavy atom. The van der Waals surface area contributed by atoms with Crippen LogP contribution in [0, 0.1) is 0 Å². The molecule has 158 valence electrons. The summed E-state index contributed by atoms with van der Waals surface area (Å²) in [5.41, 5.74) is 0.685. The largest absolute Gasteiger partial charge is 0.486 e. The molecule has 4 heterocycles. The summed E-state index contributed by atoms with van der Waals surface area (Å²) in [5, 5.41) is 4.77. The van der Waals surface area contributed by atoms with Gasteiger partial charge in [0.05, 0.1) is 10.2 Å². The summed E-state index contributed by atoms with van der Waals surface area (Å²) in [6.45, 7) is 1.89. The van der Waals surface area contributed by atoms with Crippen LogP contribution in [0.3, 0.4) is 0 Å². The highest BCUT2D eigenvalue weighted by Crippen LogP contribution is 2.38. The number of hydrogen-bond acceptors (Lipinski definition) is 9. The summed E-state index contributed by atoms with van der Waals surface area (Å²) in [6.07, 6.45) is 0. The van der Waals surface area contributed by atoms with Crippen LogP contribution in [0.2, 0.25) is 0 Å². The Kier molecular flexibility index (Phi) is 5.35. The molecule has 3 aromatic rings. The SMILES string of the molecule is O=C(Nc1nc2cc3c(cc2s1)OCCO3)c1sccc1S(=O)(=O)N1CCSCC1. The fourth-order valence-electron chi connectivity index (χ4n) is 3.26. The van der Waals surface area contributed by atoms with Gasteiger partial charge in [0.1, 0.15) is 23.0 Å². The Morgan fingerprint density at radius 2 is 1.87 bits per heavy atom. The number of nitrogens with one attached hydrogen (secondary N) is 1. The molecule has 1 aromatic carbocycles. The number of ether oxygens (including phenoxy) is 2. The minimum Gasteiger partial charge on any atom is -0.486 e. The van der Waals surface area contributed by atoms with Gasteiger partial charge >= 0.3 is 0 Å². The van der Waals surface area contributed by atoms with Crippen LogP contribution < -0.4 is 14.8 Å². The number of carbonyl (C=O) groups is 1. The molecule has 0 aliphatic carbocycles. The number of thioether (sulfide) groups is 1. The van der Waals surface area contributed by atoms with Gasteiger partial charge in [-0.3, -0.25) is 10.1 Å². The van der Waals surface area contributed by atoms with Gasteiger partial charge in [-0.25, -0.2) is 13.4 Å². The molecule has 2 aromatic heterocycles. The van der Waals surface area contributed by atoms with Gasteiger partial charge < -0.3 is 9.47 Å². The maximum absolute atomic E-state index is 13.0. The van der Waals surface area contributed by atoms with Gasteiger partial charge in [0.2, 0.25) is 10.0 Å². The number of rotatable bonds is 4. The number of benzene rings is 1. The molecule has 1 saturated heterocycles. The Bertz CT molecular complexity index is 1170. The van der Waals surface area contributed by atoms with E-state index in [4.69, 9.17) is 9.47 Å². The van der Waals surface area contributed by atoms with Crippen LogP contribution in [0.25, 0.3) is 10.2 Å². The summed E-state index contributed by atoms with van der Waals surface area (Å²) < 4.78 is 39.5. The quantitative estimate of drug-likeness (QED) is 0.609. The average molecular weight is 484 g/mol. The number of amides is 1. The van der Waals surface area contributed by atoms with Crippen LogP contribution >= 0.6 is 34.4 Å². The minimum atomic E-state index is -3.70. The van der Waals surface area contributed by atoms with E-state index in [0.29, 0.717) is 48.5 Å². The van der Waals surface area contributed by atoms with Crippen molar-refractivity contribution in [1.82, 2.24) is 9.29 Å². The van der Waals surface area contributed by atoms with Crippen molar-refractivity contribution < 1.29 is 22.7 Å². The number of thiophene rings is 1. The molecule has 8 nitrogen and oxygen atoms in total. The first-order valence-electron chi connectivity index (χ1n) is 9.19. The molecule has 0 spiro atoms. The molecule has 1 amide bonds. The highest BCUT2D eigenvalue weighted by atomic mass is 32.2. The van der Waals surface area contributed by atoms with Gasteiger partial charge in [-0.05, 0) is 11.4 Å². The van der Waals surface area contributed by atoms with Crippen LogP contribution in [0.5, 0.6) is 11.5 Å². The van der Waals surface area contributed by atoms with Gasteiger partial charge in [0.15, 0.2) is 16.6 Å². The Balaban J connectivity index is 1.40. The third kappa shape index (κ3) is 3.66. The summed E-state index contributed by atoms with van der Waals surface area (Å²) >= 11 is 4.14. The molecule has 0 saturated carbocycles. The second kappa shape index (κ2) is 8.00. The van der Waals surface area contributed by atoms with Crippen molar-refractivity contribution in [1.29, 1.82) is 0 Å². The molecular formula is C18H17N3O5S4. The molecule has 0 bridgehead atoms. The van der Waals surface area contributed by atoms with Crippen molar-refractivity contribution in [3.8, 4) is 11.5 Å². The van der Waals surface area contributed by atoms with Crippen molar-refractivity contribution in [2.24, 2.45) is 0 Å². The summed E-state index contributed by atoms with van der Waals surface area (Å²) in [6, 6.07) is 5.12. The van der Waals surface area contributed by atoms with Crippen molar-refractivity contribution in [3.05, 3.63) is 28.5 Å². The Morgan fingerprint density at radius 1 is 1.13 bits per heavy atom. The second-order valence-electron chi connectivity index (χ2n) is 6.57. The molecule has 30 heavy (non-hydrogen) atoms. The maximum Gasteiger partial charge on any atom is 0.268 e. The van der Waals surface area contributed by atoms with Gasteiger partial charge in [-0.15, -0.1) is 11.3 Å². The molecule has 2 aliphatic heterocycles. The lowest BCUT2D eigenvalue weighted by Gasteiger charge is -2.25. The predicted octanol–water partition coefficient (Wildman–Crippen LogP) is 3.12. The molecule has 1 N–H and O–H groups in total.